The van der Waals surface area contributed by atoms with Gasteiger partial charge in [0.1, 0.15) is 6.61 Å². The molecule has 0 saturated heterocycles. The zero-order chi connectivity index (χ0) is 31.6. The van der Waals surface area contributed by atoms with Gasteiger partial charge >= 0.3 is 66.1 Å². The van der Waals surface area contributed by atoms with Gasteiger partial charge < -0.3 is 5.11 Å². The number of ether oxygens (including phenoxy) is 2. The molecule has 0 rings (SSSR count). The first-order valence-electron chi connectivity index (χ1n) is 7.83. The number of aliphatic hydroxyl groups is 1. The van der Waals surface area contributed by atoms with E-state index in [-0.39, 0.29) is 0 Å². The van der Waals surface area contributed by atoms with Gasteiger partial charge in [-0.3, -0.25) is 0 Å². The number of hydrogen-bond acceptors (Lipinski definition) is 3. The minimum Gasteiger partial charge on any atom is -0.390 e. The van der Waals surface area contributed by atoms with Crippen LogP contribution in [0.1, 0.15) is 0 Å². The summed E-state index contributed by atoms with van der Waals surface area (Å²) >= 11 is 0. The van der Waals surface area contributed by atoms with E-state index in [4.69, 9.17) is 5.11 Å². The third-order valence-electron chi connectivity index (χ3n) is 3.78. The molecule has 230 valence electrons. The van der Waals surface area contributed by atoms with E-state index in [1.54, 1.807) is 0 Å². The Balaban J connectivity index is 6.50. The van der Waals surface area contributed by atoms with Crippen molar-refractivity contribution >= 4 is 0 Å². The second-order valence-electron chi connectivity index (χ2n) is 6.50. The van der Waals surface area contributed by atoms with E-state index in [0.717, 1.165) is 9.47 Å². The molecule has 0 heterocycles. The predicted octanol–water partition coefficient (Wildman–Crippen LogP) is 6.76. The van der Waals surface area contributed by atoms with Crippen LogP contribution < -0.4 is 0 Å². The molecule has 38 heavy (non-hydrogen) atoms. The Morgan fingerprint density at radius 1 is 0.342 bits per heavy atom. The summed E-state index contributed by atoms with van der Waals surface area (Å²) in [7, 11) is 0. The molecule has 0 aromatic heterocycles. The SMILES string of the molecule is OCC(F)(F)C(F)(F)C(F)(F)C(F)(F)C(F)(F)OC(F)(F)C(F)(F)OC(F)(F)C(F)(F)C(F)(F)C(F)(F)F. The van der Waals surface area contributed by atoms with Crippen molar-refractivity contribution in [2.75, 3.05) is 6.61 Å². The molecule has 0 saturated carbocycles. The van der Waals surface area contributed by atoms with Crippen molar-refractivity contribution in [2.45, 2.75) is 66.1 Å². The Kier molecular flexibility index (Phi) is 8.74. The molecular formula is C12H3F23O3. The fourth-order valence-electron chi connectivity index (χ4n) is 1.64. The van der Waals surface area contributed by atoms with Gasteiger partial charge in [0.05, 0.1) is 0 Å². The number of alkyl halides is 23. The Morgan fingerprint density at radius 3 is 0.842 bits per heavy atom. The summed E-state index contributed by atoms with van der Waals surface area (Å²) in [5.74, 6) is -48.2. The third-order valence-corrected chi connectivity index (χ3v) is 3.78. The summed E-state index contributed by atoms with van der Waals surface area (Å²) in [5.41, 5.74) is 0. The minimum absolute atomic E-state index is 0.981. The lowest BCUT2D eigenvalue weighted by molar-refractivity contribution is -0.558. The lowest BCUT2D eigenvalue weighted by atomic mass is 9.98. The number of aliphatic hydroxyl groups excluding tert-OH is 1. The monoisotopic (exact) mass is 632 g/mol. The van der Waals surface area contributed by atoms with Gasteiger partial charge in [0.15, 0.2) is 0 Å². The zero-order valence-electron chi connectivity index (χ0n) is 16.2. The highest BCUT2D eigenvalue weighted by Gasteiger charge is 2.89. The molecule has 0 atom stereocenters. The lowest BCUT2D eigenvalue weighted by Crippen LogP contribution is -2.70. The molecule has 0 spiro atoms. The molecule has 0 amide bonds. The Hall–Kier alpha value is -1.73. The van der Waals surface area contributed by atoms with E-state index in [2.05, 4.69) is 0 Å². The van der Waals surface area contributed by atoms with E-state index in [1.807, 2.05) is 0 Å². The van der Waals surface area contributed by atoms with Crippen molar-refractivity contribution in [1.29, 1.82) is 0 Å². The summed E-state index contributed by atoms with van der Waals surface area (Å²) in [5, 5.41) is 7.82. The highest BCUT2D eigenvalue weighted by molar-refractivity contribution is 5.06. The van der Waals surface area contributed by atoms with Crippen LogP contribution in [0.5, 0.6) is 0 Å². The maximum atomic E-state index is 13.2. The first-order valence-corrected chi connectivity index (χ1v) is 7.83. The standard InChI is InChI=1S/C12H3F23O3/c13-2(14,1-36)3(15,16)4(17,18)6(21,22)9(28,29)37-11(32,33)12(34,35)38-10(30,31)7(23,24)5(19,20)8(25,26)27/h36H,1H2. The van der Waals surface area contributed by atoms with Gasteiger partial charge in [-0.2, -0.15) is 101 Å². The molecule has 0 bridgehead atoms. The maximum absolute atomic E-state index is 13.2. The van der Waals surface area contributed by atoms with Crippen LogP contribution in [0.2, 0.25) is 0 Å². The van der Waals surface area contributed by atoms with E-state index < -0.39 is 72.8 Å². The predicted molar refractivity (Wildman–Crippen MR) is 64.8 cm³/mol. The van der Waals surface area contributed by atoms with Gasteiger partial charge in [-0.1, -0.05) is 0 Å². The first kappa shape index (κ1) is 36.3. The Bertz CT molecular complexity index is 841. The fraction of sp³-hybridized carbons (Fsp3) is 1.00. The molecule has 0 aliphatic rings. The molecule has 0 unspecified atom stereocenters. The fourth-order valence-corrected chi connectivity index (χ4v) is 1.64. The van der Waals surface area contributed by atoms with Gasteiger partial charge in [-0.25, -0.2) is 9.47 Å². The van der Waals surface area contributed by atoms with Crippen molar-refractivity contribution in [2.24, 2.45) is 0 Å². The van der Waals surface area contributed by atoms with E-state index >= 15 is 0 Å². The molecular weight excluding hydrogens is 629 g/mol. The van der Waals surface area contributed by atoms with Crippen LogP contribution in [-0.4, -0.2) is 77.9 Å². The van der Waals surface area contributed by atoms with E-state index in [9.17, 15) is 101 Å². The van der Waals surface area contributed by atoms with Gasteiger partial charge in [-0.15, -0.1) is 0 Å². The molecule has 0 fully saturated rings. The second kappa shape index (κ2) is 9.15. The van der Waals surface area contributed by atoms with Crippen LogP contribution in [-0.2, 0) is 9.47 Å². The van der Waals surface area contributed by atoms with Crippen molar-refractivity contribution < 1.29 is 116 Å². The van der Waals surface area contributed by atoms with Crippen molar-refractivity contribution in [3.05, 3.63) is 0 Å². The lowest BCUT2D eigenvalue weighted by Gasteiger charge is -2.40. The average molecular weight is 632 g/mol. The number of hydrogen-bond donors (Lipinski definition) is 1. The number of rotatable bonds is 12. The summed E-state index contributed by atoms with van der Waals surface area (Å²) in [6.45, 7) is -3.56. The van der Waals surface area contributed by atoms with Crippen molar-refractivity contribution in [3.63, 3.8) is 0 Å². The summed E-state index contributed by atoms with van der Waals surface area (Å²) in [6, 6.07) is 0. The van der Waals surface area contributed by atoms with Crippen molar-refractivity contribution in [3.8, 4) is 0 Å². The van der Waals surface area contributed by atoms with Crippen LogP contribution in [0, 0.1) is 0 Å². The molecule has 1 N–H and O–H groups in total. The Labute approximate surface area is 190 Å². The number of halogens is 23. The molecule has 26 heteroatoms. The highest BCUT2D eigenvalue weighted by atomic mass is 19.4. The van der Waals surface area contributed by atoms with Crippen LogP contribution in [0.15, 0.2) is 0 Å². The summed E-state index contributed by atoms with van der Waals surface area (Å²) < 4.78 is 297. The van der Waals surface area contributed by atoms with Gasteiger partial charge in [-0.05, 0) is 0 Å². The zero-order valence-corrected chi connectivity index (χ0v) is 16.2. The third kappa shape index (κ3) is 5.22. The minimum atomic E-state index is -8.56. The molecule has 0 aromatic carbocycles. The quantitative estimate of drug-likeness (QED) is 0.242. The van der Waals surface area contributed by atoms with Crippen LogP contribution in [0.3, 0.4) is 0 Å². The van der Waals surface area contributed by atoms with Crippen LogP contribution in [0.25, 0.3) is 0 Å². The van der Waals surface area contributed by atoms with E-state index in [1.165, 1.54) is 0 Å². The highest BCUT2D eigenvalue weighted by Crippen LogP contribution is 2.60. The molecule has 0 radical (unpaired) electrons. The van der Waals surface area contributed by atoms with Gasteiger partial charge in [0.25, 0.3) is 0 Å². The topological polar surface area (TPSA) is 38.7 Å². The van der Waals surface area contributed by atoms with Crippen LogP contribution in [0.4, 0.5) is 101 Å². The molecule has 0 aliphatic heterocycles. The Morgan fingerprint density at radius 2 is 0.605 bits per heavy atom. The normalized spacial score (nSPS) is 16.7. The summed E-state index contributed by atoms with van der Waals surface area (Å²) in [4.78, 5) is 0. The average Bonchev–Trinajstić information content (AvgIpc) is 2.64. The van der Waals surface area contributed by atoms with Crippen LogP contribution >= 0.6 is 0 Å². The molecule has 3 nitrogen and oxygen atoms in total. The smallest absolute Gasteiger partial charge is 0.390 e. The maximum Gasteiger partial charge on any atom is 0.460 e. The van der Waals surface area contributed by atoms with E-state index in [0.29, 0.717) is 0 Å². The summed E-state index contributed by atoms with van der Waals surface area (Å²) in [6.07, 6.45) is -40.9. The first-order chi connectivity index (χ1) is 16.0. The molecule has 0 aliphatic carbocycles. The van der Waals surface area contributed by atoms with Gasteiger partial charge in [0.2, 0.25) is 0 Å². The molecule has 0 aromatic rings. The van der Waals surface area contributed by atoms with Crippen molar-refractivity contribution in [1.82, 2.24) is 0 Å². The second-order valence-corrected chi connectivity index (χ2v) is 6.50. The largest absolute Gasteiger partial charge is 0.460 e. The van der Waals surface area contributed by atoms with Gasteiger partial charge in [0, 0.05) is 0 Å².